The number of carbonyl (C=O) groups is 2. The van der Waals surface area contributed by atoms with Crippen molar-refractivity contribution < 1.29 is 19.1 Å². The number of H-pyrrole nitrogens is 2. The molecular formula is C34H38N6O4. The van der Waals surface area contributed by atoms with Gasteiger partial charge in [0.1, 0.15) is 30.0 Å². The number of benzene rings is 2. The van der Waals surface area contributed by atoms with Crippen LogP contribution in [0.4, 0.5) is 4.79 Å². The first-order chi connectivity index (χ1) is 21.2. The first-order valence-electron chi connectivity index (χ1n) is 15.4. The minimum absolute atomic E-state index is 0.0286. The van der Waals surface area contributed by atoms with Gasteiger partial charge in [0.25, 0.3) is 0 Å². The minimum Gasteiger partial charge on any atom is -0.488 e. The number of ether oxygens (including phenoxy) is 2. The second kappa shape index (κ2) is 10.8. The lowest BCUT2D eigenvalue weighted by Crippen LogP contribution is -2.52. The van der Waals surface area contributed by atoms with Crippen molar-refractivity contribution in [3.05, 3.63) is 65.0 Å². The van der Waals surface area contributed by atoms with Gasteiger partial charge in [0.15, 0.2) is 0 Å². The number of aromatic amines is 2. The van der Waals surface area contributed by atoms with Crippen LogP contribution >= 0.6 is 0 Å². The molecule has 2 aliphatic heterocycles. The molecule has 1 aliphatic carbocycles. The maximum absolute atomic E-state index is 13.8. The average Bonchev–Trinajstić information content (AvgIpc) is 3.76. The SMILES string of the molecule is COC(=O)N[C@H](C(=O)N1[C@@H](C)CC[C@H]1c1nc2c([nH]1)-c1cc3c(cc1CC2)-c1ccc(-c2cnc(C)[nH]2)cc1CO3)C(C)C. The van der Waals surface area contributed by atoms with Crippen LogP contribution in [-0.4, -0.2) is 56.0 Å². The van der Waals surface area contributed by atoms with Crippen LogP contribution in [0.5, 0.6) is 5.75 Å². The highest BCUT2D eigenvalue weighted by molar-refractivity contribution is 5.87. The van der Waals surface area contributed by atoms with Crippen LogP contribution in [-0.2, 0) is 29.0 Å². The summed E-state index contributed by atoms with van der Waals surface area (Å²) in [6, 6.07) is 10.1. The fourth-order valence-corrected chi connectivity index (χ4v) is 6.99. The van der Waals surface area contributed by atoms with Gasteiger partial charge in [-0.3, -0.25) is 4.79 Å². The maximum Gasteiger partial charge on any atom is 0.407 e. The average molecular weight is 595 g/mol. The van der Waals surface area contributed by atoms with E-state index in [4.69, 9.17) is 14.5 Å². The Bertz CT molecular complexity index is 1770. The van der Waals surface area contributed by atoms with E-state index in [9.17, 15) is 9.59 Å². The van der Waals surface area contributed by atoms with E-state index in [-0.39, 0.29) is 23.9 Å². The van der Waals surface area contributed by atoms with Gasteiger partial charge in [0.05, 0.1) is 36.4 Å². The van der Waals surface area contributed by atoms with E-state index in [2.05, 4.69) is 57.5 Å². The second-order valence-corrected chi connectivity index (χ2v) is 12.5. The lowest BCUT2D eigenvalue weighted by molar-refractivity contribution is -0.137. The summed E-state index contributed by atoms with van der Waals surface area (Å²) in [6.45, 7) is 8.37. The molecule has 1 fully saturated rings. The summed E-state index contributed by atoms with van der Waals surface area (Å²) in [7, 11) is 1.31. The number of hydrogen-bond donors (Lipinski definition) is 3. The summed E-state index contributed by atoms with van der Waals surface area (Å²) in [5, 5.41) is 2.74. The molecule has 2 aromatic heterocycles. The van der Waals surface area contributed by atoms with E-state index in [0.717, 1.165) is 82.4 Å². The van der Waals surface area contributed by atoms with Crippen molar-refractivity contribution in [2.45, 2.75) is 78.1 Å². The molecule has 228 valence electrons. The van der Waals surface area contributed by atoms with Crippen LogP contribution in [0.25, 0.3) is 33.6 Å². The third-order valence-electron chi connectivity index (χ3n) is 9.33. The standard InChI is InChI=1S/C34H38N6O4/c1-17(2)30(39-34(42)43-5)33(41)40-18(3)6-11-28(40)32-37-26-10-8-20-13-25-23-9-7-21(27-15-35-19(4)36-27)12-22(23)16-44-29(25)14-24(20)31(26)38-32/h7,9,12-15,17-18,28,30H,6,8,10-11,16H2,1-5H3,(H,35,36)(H,37,38)(H,39,42)/t18-,28-,30-/m0/s1. The third-order valence-corrected chi connectivity index (χ3v) is 9.33. The highest BCUT2D eigenvalue weighted by Gasteiger charge is 2.42. The first-order valence-corrected chi connectivity index (χ1v) is 15.4. The quantitative estimate of drug-likeness (QED) is 0.266. The summed E-state index contributed by atoms with van der Waals surface area (Å²) in [5.74, 6) is 2.35. The molecule has 0 radical (unpaired) electrons. The molecule has 0 bridgehead atoms. The number of methoxy groups -OCH3 is 1. The molecule has 44 heavy (non-hydrogen) atoms. The van der Waals surface area contributed by atoms with Gasteiger partial charge in [-0.05, 0) is 85.9 Å². The lowest BCUT2D eigenvalue weighted by atomic mass is 9.86. The van der Waals surface area contributed by atoms with Gasteiger partial charge in [0.2, 0.25) is 5.91 Å². The van der Waals surface area contributed by atoms with E-state index in [1.807, 2.05) is 31.9 Å². The predicted molar refractivity (Wildman–Crippen MR) is 166 cm³/mol. The zero-order valence-corrected chi connectivity index (χ0v) is 25.8. The van der Waals surface area contributed by atoms with Crippen molar-refractivity contribution in [2.24, 2.45) is 5.92 Å². The van der Waals surface area contributed by atoms with Gasteiger partial charge in [-0.25, -0.2) is 14.8 Å². The Morgan fingerprint density at radius 2 is 1.91 bits per heavy atom. The van der Waals surface area contributed by atoms with Gasteiger partial charge in [0, 0.05) is 17.2 Å². The van der Waals surface area contributed by atoms with Crippen molar-refractivity contribution in [3.63, 3.8) is 0 Å². The number of hydrogen-bond acceptors (Lipinski definition) is 6. The van der Waals surface area contributed by atoms with E-state index < -0.39 is 12.1 Å². The zero-order chi connectivity index (χ0) is 30.7. The van der Waals surface area contributed by atoms with Gasteiger partial charge in [-0.1, -0.05) is 26.0 Å². The number of alkyl carbamates (subject to hydrolysis) is 1. The van der Waals surface area contributed by atoms with E-state index in [0.29, 0.717) is 6.61 Å². The molecule has 2 amide bonds. The van der Waals surface area contributed by atoms with Gasteiger partial charge in [-0.2, -0.15) is 0 Å². The Balaban J connectivity index is 1.19. The number of nitrogens with zero attached hydrogens (tertiary/aromatic N) is 3. The van der Waals surface area contributed by atoms with Crippen LogP contribution in [0.15, 0.2) is 36.5 Å². The summed E-state index contributed by atoms with van der Waals surface area (Å²) >= 11 is 0. The molecule has 7 rings (SSSR count). The number of nitrogens with one attached hydrogen (secondary N) is 3. The van der Waals surface area contributed by atoms with Crippen LogP contribution in [0.1, 0.15) is 68.1 Å². The molecule has 10 nitrogen and oxygen atoms in total. The predicted octanol–water partition coefficient (Wildman–Crippen LogP) is 5.87. The molecule has 4 heterocycles. The number of likely N-dealkylation sites (tertiary alicyclic amines) is 1. The second-order valence-electron chi connectivity index (χ2n) is 12.5. The van der Waals surface area contributed by atoms with Crippen LogP contribution in [0.3, 0.4) is 0 Å². The maximum atomic E-state index is 13.8. The van der Waals surface area contributed by atoms with E-state index in [1.54, 1.807) is 0 Å². The van der Waals surface area contributed by atoms with Crippen molar-refractivity contribution in [1.82, 2.24) is 30.2 Å². The van der Waals surface area contributed by atoms with E-state index in [1.165, 1.54) is 18.2 Å². The van der Waals surface area contributed by atoms with Gasteiger partial charge >= 0.3 is 6.09 Å². The molecule has 2 aromatic carbocycles. The number of aryl methyl sites for hydroxylation is 3. The molecule has 1 saturated heterocycles. The van der Waals surface area contributed by atoms with Crippen LogP contribution in [0, 0.1) is 12.8 Å². The topological polar surface area (TPSA) is 125 Å². The molecule has 0 spiro atoms. The van der Waals surface area contributed by atoms with Crippen molar-refractivity contribution >= 4 is 12.0 Å². The molecule has 3 N–H and O–H groups in total. The summed E-state index contributed by atoms with van der Waals surface area (Å²) < 4.78 is 11.1. The molecular weight excluding hydrogens is 556 g/mol. The molecule has 0 saturated carbocycles. The Labute approximate surface area is 256 Å². The summed E-state index contributed by atoms with van der Waals surface area (Å²) in [5.41, 5.74) is 9.94. The molecule has 3 atom stereocenters. The molecule has 10 heteroatoms. The highest BCUT2D eigenvalue weighted by atomic mass is 16.5. The number of imidazole rings is 2. The monoisotopic (exact) mass is 594 g/mol. The Morgan fingerprint density at radius 3 is 2.66 bits per heavy atom. The smallest absolute Gasteiger partial charge is 0.407 e. The molecule has 3 aliphatic rings. The Morgan fingerprint density at radius 1 is 1.07 bits per heavy atom. The normalized spacial score (nSPS) is 19.0. The number of rotatable bonds is 5. The number of fused-ring (bicyclic) bond motifs is 6. The minimum atomic E-state index is -0.679. The summed E-state index contributed by atoms with van der Waals surface area (Å²) in [6.07, 6.45) is 4.63. The van der Waals surface area contributed by atoms with Crippen LogP contribution in [0.2, 0.25) is 0 Å². The van der Waals surface area contributed by atoms with Gasteiger partial charge < -0.3 is 29.7 Å². The Hall–Kier alpha value is -4.60. The first kappa shape index (κ1) is 28.2. The van der Waals surface area contributed by atoms with Crippen molar-refractivity contribution in [3.8, 4) is 39.4 Å². The lowest BCUT2D eigenvalue weighted by Gasteiger charge is -2.32. The fraction of sp³-hybridized carbons (Fsp3) is 0.412. The molecule has 0 unspecified atom stereocenters. The number of aromatic nitrogens is 4. The Kier molecular flexibility index (Phi) is 6.94. The largest absolute Gasteiger partial charge is 0.488 e. The van der Waals surface area contributed by atoms with Crippen molar-refractivity contribution in [1.29, 1.82) is 0 Å². The fourth-order valence-electron chi connectivity index (χ4n) is 6.99. The zero-order valence-electron chi connectivity index (χ0n) is 25.8. The highest BCUT2D eigenvalue weighted by Crippen LogP contribution is 2.45. The van der Waals surface area contributed by atoms with E-state index >= 15 is 0 Å². The third kappa shape index (κ3) is 4.73. The summed E-state index contributed by atoms with van der Waals surface area (Å²) in [4.78, 5) is 44.1. The molecule has 4 aromatic rings. The van der Waals surface area contributed by atoms with Gasteiger partial charge in [-0.15, -0.1) is 0 Å². The van der Waals surface area contributed by atoms with Crippen LogP contribution < -0.4 is 10.1 Å². The number of carbonyl (C=O) groups excluding carboxylic acids is 2. The number of amides is 2. The van der Waals surface area contributed by atoms with Crippen molar-refractivity contribution in [2.75, 3.05) is 7.11 Å².